The molecular weight excluding hydrogens is 298 g/mol. The molecule has 126 valence electrons. The lowest BCUT2D eigenvalue weighted by Crippen LogP contribution is -2.55. The molecule has 2 aromatic rings. The second kappa shape index (κ2) is 7.63. The van der Waals surface area contributed by atoms with Crippen LogP contribution in [-0.4, -0.2) is 17.1 Å². The first-order chi connectivity index (χ1) is 11.7. The first kappa shape index (κ1) is 16.7. The molecule has 1 saturated heterocycles. The van der Waals surface area contributed by atoms with Crippen molar-refractivity contribution in [1.82, 2.24) is 0 Å². The molecule has 3 nitrogen and oxygen atoms in total. The van der Waals surface area contributed by atoms with Gasteiger partial charge in [0.15, 0.2) is 0 Å². The Hall–Kier alpha value is -2.13. The lowest BCUT2D eigenvalue weighted by Gasteiger charge is -2.48. The van der Waals surface area contributed by atoms with Gasteiger partial charge in [0, 0.05) is 5.69 Å². The first-order valence-electron chi connectivity index (χ1n) is 8.83. The Morgan fingerprint density at radius 3 is 2.25 bits per heavy atom. The Labute approximate surface area is 143 Å². The molecule has 0 spiro atoms. The number of aliphatic hydroxyl groups excluding tert-OH is 1. The van der Waals surface area contributed by atoms with E-state index in [9.17, 15) is 9.90 Å². The third-order valence-corrected chi connectivity index (χ3v) is 4.82. The van der Waals surface area contributed by atoms with Crippen molar-refractivity contribution in [3.63, 3.8) is 0 Å². The number of para-hydroxylation sites is 1. The fourth-order valence-corrected chi connectivity index (χ4v) is 3.59. The van der Waals surface area contributed by atoms with Gasteiger partial charge in [-0.25, -0.2) is 0 Å². The quantitative estimate of drug-likeness (QED) is 0.770. The molecule has 1 aliphatic heterocycles. The van der Waals surface area contributed by atoms with Crippen LogP contribution in [0.1, 0.15) is 44.2 Å². The molecule has 3 atom stereocenters. The number of benzene rings is 2. The van der Waals surface area contributed by atoms with Crippen LogP contribution in [0.5, 0.6) is 0 Å². The summed E-state index contributed by atoms with van der Waals surface area (Å²) in [5.41, 5.74) is 2.11. The van der Waals surface area contributed by atoms with Crippen LogP contribution >= 0.6 is 0 Å². The number of hydrogen-bond donors (Lipinski definition) is 1. The highest BCUT2D eigenvalue weighted by atomic mass is 16.3. The lowest BCUT2D eigenvalue weighted by molar-refractivity contribution is -0.131. The summed E-state index contributed by atoms with van der Waals surface area (Å²) in [5, 5.41) is 10.0. The van der Waals surface area contributed by atoms with E-state index in [1.807, 2.05) is 53.4 Å². The molecule has 1 aliphatic rings. The number of nitrogens with zero attached hydrogens (tertiary/aromatic N) is 1. The van der Waals surface area contributed by atoms with E-state index >= 15 is 0 Å². The highest BCUT2D eigenvalue weighted by Gasteiger charge is 2.48. The molecule has 3 heteroatoms. The molecule has 1 fully saturated rings. The number of anilines is 1. The molecule has 0 radical (unpaired) electrons. The summed E-state index contributed by atoms with van der Waals surface area (Å²) in [6.45, 7) is 2.07. The Kier molecular flexibility index (Phi) is 5.31. The van der Waals surface area contributed by atoms with Crippen molar-refractivity contribution in [2.45, 2.75) is 44.8 Å². The van der Waals surface area contributed by atoms with Crippen LogP contribution in [0.15, 0.2) is 60.7 Å². The van der Waals surface area contributed by atoms with E-state index in [0.717, 1.165) is 30.5 Å². The molecule has 2 aromatic carbocycles. The van der Waals surface area contributed by atoms with Gasteiger partial charge in [-0.15, -0.1) is 0 Å². The minimum atomic E-state index is -0.301. The van der Waals surface area contributed by atoms with Crippen molar-refractivity contribution in [2.75, 3.05) is 4.90 Å². The molecule has 24 heavy (non-hydrogen) atoms. The van der Waals surface area contributed by atoms with Crippen molar-refractivity contribution in [3.05, 3.63) is 66.2 Å². The average molecular weight is 323 g/mol. The van der Waals surface area contributed by atoms with Gasteiger partial charge in [-0.2, -0.15) is 0 Å². The molecule has 1 N–H and O–H groups in total. The molecule has 3 rings (SSSR count). The minimum absolute atomic E-state index is 0.0425. The van der Waals surface area contributed by atoms with Gasteiger partial charge < -0.3 is 10.0 Å². The van der Waals surface area contributed by atoms with E-state index in [-0.39, 0.29) is 24.0 Å². The summed E-state index contributed by atoms with van der Waals surface area (Å²) in [5.74, 6) is 0.123. The largest absolute Gasteiger partial charge is 0.393 e. The maximum atomic E-state index is 12.8. The number of rotatable bonds is 7. The van der Waals surface area contributed by atoms with Gasteiger partial charge in [-0.05, 0) is 37.0 Å². The lowest BCUT2D eigenvalue weighted by atomic mass is 9.78. The molecule has 1 heterocycles. The van der Waals surface area contributed by atoms with Gasteiger partial charge in [0.1, 0.15) is 0 Å². The van der Waals surface area contributed by atoms with Crippen LogP contribution in [0.4, 0.5) is 5.69 Å². The van der Waals surface area contributed by atoms with Crippen molar-refractivity contribution < 1.29 is 9.90 Å². The Balaban J connectivity index is 1.80. The Bertz CT molecular complexity index is 656. The number of β-lactam (4-membered cyclic amide) rings is 1. The maximum absolute atomic E-state index is 12.8. The second-order valence-corrected chi connectivity index (χ2v) is 6.53. The number of amides is 1. The van der Waals surface area contributed by atoms with Gasteiger partial charge >= 0.3 is 0 Å². The number of carbonyl (C=O) groups excluding carboxylic acids is 1. The summed E-state index contributed by atoms with van der Waals surface area (Å²) in [6, 6.07) is 20.1. The van der Waals surface area contributed by atoms with E-state index in [0.29, 0.717) is 6.42 Å². The van der Waals surface area contributed by atoms with E-state index in [1.165, 1.54) is 0 Å². The molecular formula is C21H25NO2. The van der Waals surface area contributed by atoms with Gasteiger partial charge in [0.2, 0.25) is 5.91 Å². The zero-order valence-corrected chi connectivity index (χ0v) is 14.1. The van der Waals surface area contributed by atoms with Gasteiger partial charge in [0.05, 0.1) is 18.1 Å². The summed E-state index contributed by atoms with van der Waals surface area (Å²) in [4.78, 5) is 14.7. The van der Waals surface area contributed by atoms with Gasteiger partial charge in [0.25, 0.3) is 0 Å². The fraction of sp³-hybridized carbons (Fsp3) is 0.381. The first-order valence-corrected chi connectivity index (χ1v) is 8.83. The van der Waals surface area contributed by atoms with Crippen molar-refractivity contribution in [1.29, 1.82) is 0 Å². The predicted octanol–water partition coefficient (Wildman–Crippen LogP) is 4.33. The average Bonchev–Trinajstić information content (AvgIpc) is 2.61. The minimum Gasteiger partial charge on any atom is -0.393 e. The van der Waals surface area contributed by atoms with Gasteiger partial charge in [-0.3, -0.25) is 4.79 Å². The van der Waals surface area contributed by atoms with E-state index in [4.69, 9.17) is 0 Å². The summed E-state index contributed by atoms with van der Waals surface area (Å²) < 4.78 is 0. The van der Waals surface area contributed by atoms with Crippen LogP contribution < -0.4 is 4.90 Å². The molecule has 0 bridgehead atoms. The maximum Gasteiger partial charge on any atom is 0.233 e. The third-order valence-electron chi connectivity index (χ3n) is 4.82. The smallest absolute Gasteiger partial charge is 0.233 e. The SMILES string of the molecule is CCCC(O)CCC1C(=O)N(c2ccccc2)C1c1ccccc1. The molecule has 0 aromatic heterocycles. The molecule has 0 saturated carbocycles. The summed E-state index contributed by atoms with van der Waals surface area (Å²) in [7, 11) is 0. The predicted molar refractivity (Wildman–Crippen MR) is 96.7 cm³/mol. The number of carbonyl (C=O) groups is 1. The standard InChI is InChI=1S/C21H25NO2/c1-2-9-18(23)14-15-19-20(16-10-5-3-6-11-16)22(21(19)24)17-12-7-4-8-13-17/h3-8,10-13,18-20,23H,2,9,14-15H2,1H3. The second-order valence-electron chi connectivity index (χ2n) is 6.53. The third kappa shape index (κ3) is 3.36. The van der Waals surface area contributed by atoms with E-state index in [2.05, 4.69) is 19.1 Å². The van der Waals surface area contributed by atoms with Crippen LogP contribution in [0.25, 0.3) is 0 Å². The molecule has 3 unspecified atom stereocenters. The topological polar surface area (TPSA) is 40.5 Å². The summed E-state index contributed by atoms with van der Waals surface area (Å²) >= 11 is 0. The molecule has 1 amide bonds. The Morgan fingerprint density at radius 2 is 1.62 bits per heavy atom. The number of aliphatic hydroxyl groups is 1. The van der Waals surface area contributed by atoms with Gasteiger partial charge in [-0.1, -0.05) is 61.9 Å². The molecule has 0 aliphatic carbocycles. The zero-order valence-electron chi connectivity index (χ0n) is 14.1. The van der Waals surface area contributed by atoms with Crippen LogP contribution in [-0.2, 0) is 4.79 Å². The number of hydrogen-bond acceptors (Lipinski definition) is 2. The van der Waals surface area contributed by atoms with Crippen molar-refractivity contribution >= 4 is 11.6 Å². The fourth-order valence-electron chi connectivity index (χ4n) is 3.59. The van der Waals surface area contributed by atoms with E-state index < -0.39 is 0 Å². The summed E-state index contributed by atoms with van der Waals surface area (Å²) in [6.07, 6.45) is 2.90. The van der Waals surface area contributed by atoms with Crippen molar-refractivity contribution in [3.8, 4) is 0 Å². The van der Waals surface area contributed by atoms with E-state index in [1.54, 1.807) is 0 Å². The normalized spacial score (nSPS) is 21.4. The van der Waals surface area contributed by atoms with Crippen LogP contribution in [0, 0.1) is 5.92 Å². The highest BCUT2D eigenvalue weighted by molar-refractivity contribution is 6.03. The van der Waals surface area contributed by atoms with Crippen LogP contribution in [0.2, 0.25) is 0 Å². The van der Waals surface area contributed by atoms with Crippen LogP contribution in [0.3, 0.4) is 0 Å². The Morgan fingerprint density at radius 1 is 1.00 bits per heavy atom. The zero-order chi connectivity index (χ0) is 16.9. The monoisotopic (exact) mass is 323 g/mol. The highest BCUT2D eigenvalue weighted by Crippen LogP contribution is 2.45. The van der Waals surface area contributed by atoms with Crippen molar-refractivity contribution in [2.24, 2.45) is 5.92 Å².